The summed E-state index contributed by atoms with van der Waals surface area (Å²) in [5.41, 5.74) is 8.17. The van der Waals surface area contributed by atoms with E-state index in [0.29, 0.717) is 24.4 Å². The number of ether oxygens (including phenoxy) is 1. The van der Waals surface area contributed by atoms with Gasteiger partial charge < -0.3 is 15.8 Å². The van der Waals surface area contributed by atoms with Gasteiger partial charge in [0.25, 0.3) is 0 Å². The summed E-state index contributed by atoms with van der Waals surface area (Å²) < 4.78 is 5.18. The van der Waals surface area contributed by atoms with Gasteiger partial charge in [-0.3, -0.25) is 4.98 Å². The van der Waals surface area contributed by atoms with Crippen LogP contribution in [-0.2, 0) is 17.8 Å². The van der Waals surface area contributed by atoms with E-state index in [9.17, 15) is 0 Å². The second kappa shape index (κ2) is 10.5. The molecule has 2 aromatic rings. The zero-order valence-corrected chi connectivity index (χ0v) is 15.9. The molecule has 0 aromatic carbocycles. The van der Waals surface area contributed by atoms with E-state index in [1.165, 1.54) is 5.56 Å². The van der Waals surface area contributed by atoms with Gasteiger partial charge in [0.2, 0.25) is 0 Å². The van der Waals surface area contributed by atoms with E-state index in [1.54, 1.807) is 13.3 Å². The van der Waals surface area contributed by atoms with Crippen molar-refractivity contribution in [1.82, 2.24) is 15.0 Å². The second-order valence-corrected chi connectivity index (χ2v) is 5.99. The van der Waals surface area contributed by atoms with Crippen LogP contribution >= 0.6 is 24.8 Å². The smallest absolute Gasteiger partial charge is 0.156 e. The van der Waals surface area contributed by atoms with E-state index in [0.717, 1.165) is 37.3 Å². The van der Waals surface area contributed by atoms with Crippen LogP contribution in [0, 0.1) is 0 Å². The molecule has 1 fully saturated rings. The Morgan fingerprint density at radius 2 is 2.08 bits per heavy atom. The van der Waals surface area contributed by atoms with Gasteiger partial charge in [0.1, 0.15) is 12.4 Å². The largest absolute Gasteiger partial charge is 0.377 e. The summed E-state index contributed by atoms with van der Waals surface area (Å²) in [6.45, 7) is 1.22. The molecule has 0 saturated heterocycles. The van der Waals surface area contributed by atoms with Crippen molar-refractivity contribution >= 4 is 30.6 Å². The molecule has 1 saturated carbocycles. The Bertz CT molecular complexity index is 638. The highest BCUT2D eigenvalue weighted by molar-refractivity contribution is 5.85. The van der Waals surface area contributed by atoms with Crippen molar-refractivity contribution in [3.05, 3.63) is 47.7 Å². The molecular formula is C17H25Cl2N5O. The van der Waals surface area contributed by atoms with E-state index in [2.05, 4.69) is 26.3 Å². The first-order chi connectivity index (χ1) is 11.2. The van der Waals surface area contributed by atoms with Crippen molar-refractivity contribution in [2.75, 3.05) is 19.0 Å². The number of methoxy groups -OCH3 is 1. The minimum atomic E-state index is 0. The highest BCUT2D eigenvalue weighted by Crippen LogP contribution is 2.35. The monoisotopic (exact) mass is 385 g/mol. The van der Waals surface area contributed by atoms with Gasteiger partial charge in [0.15, 0.2) is 5.82 Å². The minimum Gasteiger partial charge on any atom is -0.377 e. The maximum atomic E-state index is 5.90. The predicted octanol–water partition coefficient (Wildman–Crippen LogP) is 2.72. The van der Waals surface area contributed by atoms with Gasteiger partial charge in [-0.1, -0.05) is 6.07 Å². The fourth-order valence-corrected chi connectivity index (χ4v) is 2.80. The van der Waals surface area contributed by atoms with Crippen molar-refractivity contribution < 1.29 is 4.74 Å². The molecule has 25 heavy (non-hydrogen) atoms. The summed E-state index contributed by atoms with van der Waals surface area (Å²) in [6, 6.07) is 6.38. The lowest BCUT2D eigenvalue weighted by Crippen LogP contribution is -2.35. The minimum absolute atomic E-state index is 0. The van der Waals surface area contributed by atoms with Crippen LogP contribution in [0.15, 0.2) is 30.6 Å². The summed E-state index contributed by atoms with van der Waals surface area (Å²) in [5, 5.41) is 3.38. The summed E-state index contributed by atoms with van der Waals surface area (Å²) in [4.78, 5) is 13.3. The zero-order valence-electron chi connectivity index (χ0n) is 14.2. The second-order valence-electron chi connectivity index (χ2n) is 5.99. The fourth-order valence-electron chi connectivity index (χ4n) is 2.80. The van der Waals surface area contributed by atoms with Gasteiger partial charge in [-0.2, -0.15) is 0 Å². The van der Waals surface area contributed by atoms with Crippen LogP contribution < -0.4 is 11.1 Å². The number of halogens is 2. The molecule has 1 aliphatic rings. The van der Waals surface area contributed by atoms with Gasteiger partial charge >= 0.3 is 0 Å². The molecule has 0 atom stereocenters. The van der Waals surface area contributed by atoms with E-state index < -0.39 is 0 Å². The molecule has 0 radical (unpaired) electrons. The zero-order chi connectivity index (χ0) is 16.1. The molecule has 0 aliphatic heterocycles. The van der Waals surface area contributed by atoms with Crippen LogP contribution in [0.4, 0.5) is 5.82 Å². The molecule has 0 unspecified atom stereocenters. The number of hydrogen-bond acceptors (Lipinski definition) is 6. The summed E-state index contributed by atoms with van der Waals surface area (Å²) in [5.74, 6) is 2.02. The maximum absolute atomic E-state index is 5.90. The first-order valence-electron chi connectivity index (χ1n) is 7.99. The SMILES string of the molecule is COCc1nc(NCCc2cccnc2)cc(C2CC(N)C2)n1.Cl.Cl. The topological polar surface area (TPSA) is 86.0 Å². The van der Waals surface area contributed by atoms with Crippen LogP contribution in [0.2, 0.25) is 0 Å². The standard InChI is InChI=1S/C17H23N5O.2ClH/c1-23-11-17-21-15(13-7-14(18)8-13)9-16(22-17)20-6-4-12-3-2-5-19-10-12;;/h2-3,5,9-10,13-14H,4,6-8,11,18H2,1H3,(H,20,21,22);2*1H. The van der Waals surface area contributed by atoms with Crippen molar-refractivity contribution in [2.45, 2.75) is 37.8 Å². The van der Waals surface area contributed by atoms with Gasteiger partial charge in [-0.15, -0.1) is 24.8 Å². The lowest BCUT2D eigenvalue weighted by Gasteiger charge is -2.32. The number of aromatic nitrogens is 3. The third kappa shape index (κ3) is 6.08. The van der Waals surface area contributed by atoms with E-state index in [1.807, 2.05) is 18.3 Å². The highest BCUT2D eigenvalue weighted by Gasteiger charge is 2.29. The van der Waals surface area contributed by atoms with Crippen LogP contribution in [0.3, 0.4) is 0 Å². The number of nitrogens with two attached hydrogens (primary N) is 1. The van der Waals surface area contributed by atoms with Crippen LogP contribution in [0.5, 0.6) is 0 Å². The first-order valence-corrected chi connectivity index (χ1v) is 7.99. The Kier molecular flexibility index (Phi) is 9.06. The quantitative estimate of drug-likeness (QED) is 0.761. The average molecular weight is 386 g/mol. The van der Waals surface area contributed by atoms with Gasteiger partial charge in [0.05, 0.1) is 0 Å². The Morgan fingerprint density at radius 1 is 1.28 bits per heavy atom. The molecule has 2 heterocycles. The number of hydrogen-bond donors (Lipinski definition) is 2. The van der Waals surface area contributed by atoms with Gasteiger partial charge in [0, 0.05) is 49.8 Å². The maximum Gasteiger partial charge on any atom is 0.156 e. The van der Waals surface area contributed by atoms with Crippen molar-refractivity contribution in [3.8, 4) is 0 Å². The third-order valence-corrected chi connectivity index (χ3v) is 4.10. The molecule has 0 spiro atoms. The summed E-state index contributed by atoms with van der Waals surface area (Å²) >= 11 is 0. The Labute approximate surface area is 160 Å². The Morgan fingerprint density at radius 3 is 2.72 bits per heavy atom. The molecule has 0 amide bonds. The molecule has 8 heteroatoms. The lowest BCUT2D eigenvalue weighted by atomic mass is 9.78. The molecule has 2 aromatic heterocycles. The third-order valence-electron chi connectivity index (χ3n) is 4.10. The van der Waals surface area contributed by atoms with Crippen molar-refractivity contribution in [1.29, 1.82) is 0 Å². The van der Waals surface area contributed by atoms with E-state index in [4.69, 9.17) is 10.5 Å². The number of nitrogens with one attached hydrogen (secondary N) is 1. The summed E-state index contributed by atoms with van der Waals surface area (Å²) in [7, 11) is 1.66. The molecular weight excluding hydrogens is 361 g/mol. The summed E-state index contributed by atoms with van der Waals surface area (Å²) in [6.07, 6.45) is 6.57. The molecule has 1 aliphatic carbocycles. The van der Waals surface area contributed by atoms with Crippen molar-refractivity contribution in [2.24, 2.45) is 5.73 Å². The molecule has 3 N–H and O–H groups in total. The number of rotatable bonds is 7. The Hall–Kier alpha value is -1.47. The van der Waals surface area contributed by atoms with E-state index >= 15 is 0 Å². The predicted molar refractivity (Wildman–Crippen MR) is 104 cm³/mol. The number of pyridine rings is 1. The van der Waals surface area contributed by atoms with Crippen molar-refractivity contribution in [3.63, 3.8) is 0 Å². The molecule has 6 nitrogen and oxygen atoms in total. The highest BCUT2D eigenvalue weighted by atomic mass is 35.5. The first kappa shape index (κ1) is 21.6. The van der Waals surface area contributed by atoms with Crippen LogP contribution in [-0.4, -0.2) is 34.6 Å². The normalized spacial score (nSPS) is 18.5. The fraction of sp³-hybridized carbons (Fsp3) is 0.471. The lowest BCUT2D eigenvalue weighted by molar-refractivity contribution is 0.177. The molecule has 0 bridgehead atoms. The number of nitrogens with zero attached hydrogens (tertiary/aromatic N) is 3. The van der Waals surface area contributed by atoms with Gasteiger partial charge in [-0.05, 0) is 30.9 Å². The van der Waals surface area contributed by atoms with E-state index in [-0.39, 0.29) is 24.8 Å². The van der Waals surface area contributed by atoms with Crippen LogP contribution in [0.25, 0.3) is 0 Å². The molecule has 138 valence electrons. The van der Waals surface area contributed by atoms with Crippen LogP contribution in [0.1, 0.15) is 35.8 Å². The number of anilines is 1. The average Bonchev–Trinajstić information content (AvgIpc) is 2.53. The molecule has 3 rings (SSSR count). The van der Waals surface area contributed by atoms with Gasteiger partial charge in [-0.25, -0.2) is 9.97 Å². The Balaban J connectivity index is 0.00000156.